The number of aryl methyl sites for hydroxylation is 1. The van der Waals surface area contributed by atoms with Crippen LogP contribution in [0.3, 0.4) is 0 Å². The van der Waals surface area contributed by atoms with Crippen molar-refractivity contribution in [2.75, 3.05) is 11.9 Å². The van der Waals surface area contributed by atoms with Gasteiger partial charge in [-0.25, -0.2) is 14.8 Å². The van der Waals surface area contributed by atoms with Crippen molar-refractivity contribution in [3.05, 3.63) is 52.3 Å². The lowest BCUT2D eigenvalue weighted by atomic mass is 10.1. The molecular formula is C17H19ClN4O2S. The molecular weight excluding hydrogens is 360 g/mol. The molecule has 2 rings (SSSR count). The summed E-state index contributed by atoms with van der Waals surface area (Å²) in [6, 6.07) is 7.49. The Balaban J connectivity index is 1.99. The molecule has 0 saturated carbocycles. The zero-order chi connectivity index (χ0) is 18.4. The van der Waals surface area contributed by atoms with Crippen LogP contribution in [0.2, 0.25) is 5.02 Å². The molecule has 0 radical (unpaired) electrons. The summed E-state index contributed by atoms with van der Waals surface area (Å²) >= 11 is 11.2. The first-order valence-corrected chi connectivity index (χ1v) is 8.53. The Morgan fingerprint density at radius 1 is 1.36 bits per heavy atom. The van der Waals surface area contributed by atoms with E-state index in [1.807, 2.05) is 31.2 Å². The molecule has 0 bridgehead atoms. The van der Waals surface area contributed by atoms with Crippen LogP contribution in [0.5, 0.6) is 0 Å². The zero-order valence-corrected chi connectivity index (χ0v) is 15.7. The molecule has 1 aromatic heterocycles. The molecule has 0 amide bonds. The second kappa shape index (κ2) is 8.73. The summed E-state index contributed by atoms with van der Waals surface area (Å²) in [4.78, 5) is 20.1. The maximum absolute atomic E-state index is 11.8. The molecule has 2 N–H and O–H groups in total. The number of thiocarbonyl (C=S) groups is 1. The van der Waals surface area contributed by atoms with Crippen LogP contribution in [0.1, 0.15) is 41.5 Å². The third-order valence-electron chi connectivity index (χ3n) is 3.42. The van der Waals surface area contributed by atoms with Gasteiger partial charge in [0.05, 0.1) is 23.9 Å². The van der Waals surface area contributed by atoms with Crippen molar-refractivity contribution in [3.8, 4) is 0 Å². The first-order valence-electron chi connectivity index (χ1n) is 7.74. The number of anilines is 1. The van der Waals surface area contributed by atoms with E-state index in [0.29, 0.717) is 33.9 Å². The summed E-state index contributed by atoms with van der Waals surface area (Å²) in [5, 5.41) is 7.12. The molecule has 0 saturated heterocycles. The zero-order valence-electron chi connectivity index (χ0n) is 14.2. The van der Waals surface area contributed by atoms with Crippen molar-refractivity contribution in [3.63, 3.8) is 0 Å². The van der Waals surface area contributed by atoms with Crippen molar-refractivity contribution in [1.82, 2.24) is 15.3 Å². The highest BCUT2D eigenvalue weighted by molar-refractivity contribution is 7.80. The largest absolute Gasteiger partial charge is 0.462 e. The van der Waals surface area contributed by atoms with Crippen LogP contribution in [0.4, 0.5) is 5.95 Å². The number of carbonyl (C=O) groups excluding carboxylic acids is 1. The topological polar surface area (TPSA) is 76.1 Å². The summed E-state index contributed by atoms with van der Waals surface area (Å²) in [6.45, 7) is 5.74. The standard InChI is InChI=1S/C17H19ClN4O2S/c1-4-24-15(23)14-9-19-16(20-11(14)3)22-17(25)21-10(2)12-5-7-13(18)8-6-12/h5-10H,4H2,1-3H3,(H2,19,20,21,22,25)/t10-/m1/s1. The lowest BCUT2D eigenvalue weighted by Crippen LogP contribution is -2.31. The van der Waals surface area contributed by atoms with E-state index in [1.165, 1.54) is 6.20 Å². The fraction of sp³-hybridized carbons (Fsp3) is 0.294. The Labute approximate surface area is 157 Å². The molecule has 1 heterocycles. The number of aromatic nitrogens is 2. The number of esters is 1. The summed E-state index contributed by atoms with van der Waals surface area (Å²) in [5.74, 6) is -0.130. The van der Waals surface area contributed by atoms with Gasteiger partial charge in [-0.05, 0) is 50.7 Å². The molecule has 1 atom stereocenters. The van der Waals surface area contributed by atoms with E-state index in [4.69, 9.17) is 28.6 Å². The lowest BCUT2D eigenvalue weighted by molar-refractivity contribution is 0.0524. The highest BCUT2D eigenvalue weighted by Crippen LogP contribution is 2.16. The molecule has 8 heteroatoms. The highest BCUT2D eigenvalue weighted by Gasteiger charge is 2.14. The molecule has 0 aliphatic carbocycles. The van der Waals surface area contributed by atoms with Gasteiger partial charge in [0.25, 0.3) is 0 Å². The Kier molecular flexibility index (Phi) is 6.66. The van der Waals surface area contributed by atoms with Gasteiger partial charge in [0.1, 0.15) is 0 Å². The van der Waals surface area contributed by atoms with Crippen molar-refractivity contribution < 1.29 is 9.53 Å². The summed E-state index contributed by atoms with van der Waals surface area (Å²) < 4.78 is 4.95. The number of rotatable bonds is 5. The Bertz CT molecular complexity index is 768. The smallest absolute Gasteiger partial charge is 0.341 e. The van der Waals surface area contributed by atoms with E-state index in [9.17, 15) is 4.79 Å². The third-order valence-corrected chi connectivity index (χ3v) is 3.89. The average Bonchev–Trinajstić information content (AvgIpc) is 2.55. The normalized spacial score (nSPS) is 11.5. The monoisotopic (exact) mass is 378 g/mol. The van der Waals surface area contributed by atoms with Gasteiger partial charge in [-0.3, -0.25) is 0 Å². The van der Waals surface area contributed by atoms with Gasteiger partial charge in [-0.15, -0.1) is 0 Å². The summed E-state index contributed by atoms with van der Waals surface area (Å²) in [5.41, 5.74) is 1.90. The Morgan fingerprint density at radius 3 is 2.64 bits per heavy atom. The van der Waals surface area contributed by atoms with Crippen molar-refractivity contribution in [1.29, 1.82) is 0 Å². The van der Waals surface area contributed by atoms with Crippen LogP contribution in [0.15, 0.2) is 30.5 Å². The van der Waals surface area contributed by atoms with Crippen molar-refractivity contribution in [2.24, 2.45) is 0 Å². The van der Waals surface area contributed by atoms with Gasteiger partial charge in [0.15, 0.2) is 5.11 Å². The fourth-order valence-corrected chi connectivity index (χ4v) is 2.50. The SMILES string of the molecule is CCOC(=O)c1cnc(NC(=S)N[C@H](C)c2ccc(Cl)cc2)nc1C. The van der Waals surface area contributed by atoms with E-state index in [0.717, 1.165) is 5.56 Å². The van der Waals surface area contributed by atoms with Crippen LogP contribution in [0, 0.1) is 6.92 Å². The molecule has 1 aromatic carbocycles. The second-order valence-corrected chi connectivity index (χ2v) is 6.13. The number of carbonyl (C=O) groups is 1. The third kappa shape index (κ3) is 5.37. The van der Waals surface area contributed by atoms with Crippen LogP contribution in [-0.4, -0.2) is 27.7 Å². The van der Waals surface area contributed by atoms with Gasteiger partial charge < -0.3 is 15.4 Å². The fourth-order valence-electron chi connectivity index (χ4n) is 2.11. The maximum atomic E-state index is 11.8. The molecule has 0 unspecified atom stereocenters. The van der Waals surface area contributed by atoms with Crippen LogP contribution >= 0.6 is 23.8 Å². The molecule has 0 aliphatic heterocycles. The second-order valence-electron chi connectivity index (χ2n) is 5.28. The number of hydrogen-bond donors (Lipinski definition) is 2. The molecule has 132 valence electrons. The van der Waals surface area contributed by atoms with Crippen LogP contribution < -0.4 is 10.6 Å². The Hall–Kier alpha value is -2.25. The summed E-state index contributed by atoms with van der Waals surface area (Å²) in [7, 11) is 0. The maximum Gasteiger partial charge on any atom is 0.341 e. The average molecular weight is 379 g/mol. The van der Waals surface area contributed by atoms with Crippen LogP contribution in [-0.2, 0) is 4.74 Å². The number of ether oxygens (including phenoxy) is 1. The first-order chi connectivity index (χ1) is 11.9. The minimum absolute atomic E-state index is 0.0165. The summed E-state index contributed by atoms with van der Waals surface area (Å²) in [6.07, 6.45) is 1.42. The van der Waals surface area contributed by atoms with Crippen molar-refractivity contribution in [2.45, 2.75) is 26.8 Å². The van der Waals surface area contributed by atoms with E-state index in [2.05, 4.69) is 20.6 Å². The van der Waals surface area contributed by atoms with E-state index in [1.54, 1.807) is 13.8 Å². The molecule has 25 heavy (non-hydrogen) atoms. The minimum Gasteiger partial charge on any atom is -0.462 e. The number of nitrogens with zero attached hydrogens (tertiary/aromatic N) is 2. The lowest BCUT2D eigenvalue weighted by Gasteiger charge is -2.17. The van der Waals surface area contributed by atoms with E-state index in [-0.39, 0.29) is 6.04 Å². The van der Waals surface area contributed by atoms with Gasteiger partial charge in [-0.1, -0.05) is 23.7 Å². The highest BCUT2D eigenvalue weighted by atomic mass is 35.5. The first kappa shape index (κ1) is 19.1. The van der Waals surface area contributed by atoms with Crippen LogP contribution in [0.25, 0.3) is 0 Å². The van der Waals surface area contributed by atoms with Gasteiger partial charge in [0.2, 0.25) is 5.95 Å². The molecule has 0 fully saturated rings. The minimum atomic E-state index is -0.441. The van der Waals surface area contributed by atoms with Gasteiger partial charge >= 0.3 is 5.97 Å². The van der Waals surface area contributed by atoms with Crippen molar-refractivity contribution >= 4 is 40.8 Å². The number of hydrogen-bond acceptors (Lipinski definition) is 5. The molecule has 6 nitrogen and oxygen atoms in total. The molecule has 0 spiro atoms. The predicted octanol–water partition coefficient (Wildman–Crippen LogP) is 3.66. The van der Waals surface area contributed by atoms with Gasteiger partial charge in [-0.2, -0.15) is 0 Å². The number of benzene rings is 1. The number of halogens is 1. The van der Waals surface area contributed by atoms with E-state index < -0.39 is 5.97 Å². The predicted molar refractivity (Wildman–Crippen MR) is 102 cm³/mol. The Morgan fingerprint density at radius 2 is 2.04 bits per heavy atom. The molecule has 2 aromatic rings. The number of nitrogens with one attached hydrogen (secondary N) is 2. The van der Waals surface area contributed by atoms with Gasteiger partial charge in [0, 0.05) is 11.2 Å². The molecule has 0 aliphatic rings. The quantitative estimate of drug-likeness (QED) is 0.607. The van der Waals surface area contributed by atoms with E-state index >= 15 is 0 Å².